The lowest BCUT2D eigenvalue weighted by atomic mass is 10.3. The van der Waals surface area contributed by atoms with Crippen LogP contribution < -0.4 is 11.5 Å². The first kappa shape index (κ1) is 31.9. The van der Waals surface area contributed by atoms with Gasteiger partial charge in [0.25, 0.3) is 0 Å². The Morgan fingerprint density at radius 2 is 1.50 bits per heavy atom. The molecule has 6 N–H and O–H groups in total. The summed E-state index contributed by atoms with van der Waals surface area (Å²) in [6, 6.07) is 0. The first-order chi connectivity index (χ1) is 18.0. The maximum atomic E-state index is 12.7. The van der Waals surface area contributed by atoms with Gasteiger partial charge >= 0.3 is 0 Å². The molecule has 0 aromatic rings. The van der Waals surface area contributed by atoms with Gasteiger partial charge in [-0.2, -0.15) is 11.8 Å². The molecule has 2 saturated heterocycles. The van der Waals surface area contributed by atoms with Crippen LogP contribution in [0.25, 0.3) is 0 Å². The molecule has 2 heterocycles. The second kappa shape index (κ2) is 15.9. The van der Waals surface area contributed by atoms with Crippen molar-refractivity contribution >= 4 is 59.0 Å². The largest absolute Gasteiger partial charge is 0.396 e. The van der Waals surface area contributed by atoms with Gasteiger partial charge in [-0.1, -0.05) is 0 Å². The Balaban J connectivity index is 1.88. The second-order valence-corrected chi connectivity index (χ2v) is 11.7. The van der Waals surface area contributed by atoms with Crippen molar-refractivity contribution in [3.05, 3.63) is 0 Å². The fourth-order valence-electron chi connectivity index (χ4n) is 4.18. The van der Waals surface area contributed by atoms with E-state index in [1.807, 2.05) is 0 Å². The molecule has 13 nitrogen and oxygen atoms in total. The maximum Gasteiger partial charge on any atom is 0.242 e. The van der Waals surface area contributed by atoms with E-state index in [2.05, 4.69) is 0 Å². The monoisotopic (exact) mass is 575 g/mol. The zero-order valence-corrected chi connectivity index (χ0v) is 22.9. The summed E-state index contributed by atoms with van der Waals surface area (Å²) in [5, 5.41) is 18.9. The predicted molar refractivity (Wildman–Crippen MR) is 141 cm³/mol. The summed E-state index contributed by atoms with van der Waals surface area (Å²) < 4.78 is 0. The van der Waals surface area contributed by atoms with Gasteiger partial charge in [-0.3, -0.25) is 33.7 Å². The van der Waals surface area contributed by atoms with Gasteiger partial charge in [-0.05, 0) is 24.3 Å². The highest BCUT2D eigenvalue weighted by Gasteiger charge is 2.40. The number of likely N-dealkylation sites (tertiary alicyclic amines) is 2. The molecule has 0 radical (unpaired) electrons. The Morgan fingerprint density at radius 3 is 2.11 bits per heavy atom. The number of nitrogens with zero attached hydrogens (tertiary/aromatic N) is 3. The summed E-state index contributed by atoms with van der Waals surface area (Å²) in [4.78, 5) is 75.8. The van der Waals surface area contributed by atoms with Crippen molar-refractivity contribution in [1.82, 2.24) is 14.7 Å². The van der Waals surface area contributed by atoms with Crippen LogP contribution in [0.15, 0.2) is 0 Å². The number of aliphatic hydroxyl groups is 2. The number of aliphatic hydroxyl groups excluding tert-OH is 2. The third-order valence-corrected chi connectivity index (χ3v) is 8.88. The summed E-state index contributed by atoms with van der Waals surface area (Å²) in [5.41, 5.74) is 10.2. The number of carbonyl (C=O) groups excluding carboxylic acids is 6. The van der Waals surface area contributed by atoms with Gasteiger partial charge in [-0.15, -0.1) is 11.8 Å². The molecule has 0 aliphatic carbocycles. The fraction of sp³-hybridized carbons (Fsp3) is 0.739. The molecule has 2 fully saturated rings. The van der Waals surface area contributed by atoms with Crippen molar-refractivity contribution in [1.29, 1.82) is 0 Å². The maximum absolute atomic E-state index is 12.7. The van der Waals surface area contributed by atoms with Crippen LogP contribution in [0.2, 0.25) is 0 Å². The van der Waals surface area contributed by atoms with Gasteiger partial charge in [0.1, 0.15) is 6.23 Å². The molecule has 0 bridgehead atoms. The average Bonchev–Trinajstić information content (AvgIpc) is 3.27. The first-order valence-electron chi connectivity index (χ1n) is 12.5. The van der Waals surface area contributed by atoms with Crippen molar-refractivity contribution in [3.8, 4) is 0 Å². The van der Waals surface area contributed by atoms with Crippen molar-refractivity contribution in [3.63, 3.8) is 0 Å². The van der Waals surface area contributed by atoms with Crippen LogP contribution in [0.4, 0.5) is 0 Å². The van der Waals surface area contributed by atoms with Gasteiger partial charge < -0.3 is 31.5 Å². The van der Waals surface area contributed by atoms with Crippen LogP contribution in [0.3, 0.4) is 0 Å². The molecule has 38 heavy (non-hydrogen) atoms. The highest BCUT2D eigenvalue weighted by atomic mass is 32.2. The van der Waals surface area contributed by atoms with E-state index in [4.69, 9.17) is 11.5 Å². The minimum Gasteiger partial charge on any atom is -0.396 e. The summed E-state index contributed by atoms with van der Waals surface area (Å²) in [6.07, 6.45) is 0.443. The van der Waals surface area contributed by atoms with E-state index < -0.39 is 29.2 Å². The summed E-state index contributed by atoms with van der Waals surface area (Å²) in [5.74, 6) is -1.12. The topological polar surface area (TPSA) is 205 Å². The number of imide groups is 1. The van der Waals surface area contributed by atoms with Crippen LogP contribution in [0.5, 0.6) is 0 Å². The molecular formula is C23H37N5O8S2. The number of carbonyl (C=O) groups is 6. The Hall–Kier alpha value is -2.36. The van der Waals surface area contributed by atoms with E-state index >= 15 is 0 Å². The van der Waals surface area contributed by atoms with E-state index in [9.17, 15) is 39.0 Å². The number of thioether (sulfide) groups is 2. The summed E-state index contributed by atoms with van der Waals surface area (Å²) >= 11 is 2.68. The first-order valence-corrected chi connectivity index (χ1v) is 14.6. The van der Waals surface area contributed by atoms with Gasteiger partial charge in [0.15, 0.2) is 0 Å². The molecule has 6 amide bonds. The van der Waals surface area contributed by atoms with Crippen LogP contribution >= 0.6 is 23.5 Å². The second-order valence-electron chi connectivity index (χ2n) is 9.06. The predicted octanol–water partition coefficient (Wildman–Crippen LogP) is -1.76. The van der Waals surface area contributed by atoms with Gasteiger partial charge in [-0.25, -0.2) is 0 Å². The lowest BCUT2D eigenvalue weighted by molar-refractivity contribution is -0.141. The van der Waals surface area contributed by atoms with Crippen LogP contribution in [0, 0.1) is 0 Å². The third kappa shape index (κ3) is 9.75. The van der Waals surface area contributed by atoms with Crippen LogP contribution in [-0.2, 0) is 28.8 Å². The zero-order chi connectivity index (χ0) is 28.2. The molecular weight excluding hydrogens is 538 g/mol. The molecule has 15 heteroatoms. The summed E-state index contributed by atoms with van der Waals surface area (Å²) in [7, 11) is 0. The zero-order valence-electron chi connectivity index (χ0n) is 21.3. The van der Waals surface area contributed by atoms with Crippen LogP contribution in [-0.4, -0.2) is 121 Å². The SMILES string of the molecule is NC(=O)CCCSC1CC(=O)N(CCN(CCN2C(=O)CC(SCCCC(N)=O)C2O)C(=O)CCO)C1=O. The fourth-order valence-corrected chi connectivity index (χ4v) is 6.50. The normalized spacial score (nSPS) is 21.4. The Kier molecular flexibility index (Phi) is 13.3. The Morgan fingerprint density at radius 1 is 0.895 bits per heavy atom. The molecule has 2 rings (SSSR count). The number of hydrogen-bond acceptors (Lipinski definition) is 10. The molecule has 3 unspecified atom stereocenters. The number of amides is 6. The number of primary amides is 2. The molecule has 0 saturated carbocycles. The quantitative estimate of drug-likeness (QED) is 0.107. The molecule has 3 atom stereocenters. The minimum absolute atomic E-state index is 0.0258. The third-order valence-electron chi connectivity index (χ3n) is 6.22. The van der Waals surface area contributed by atoms with E-state index in [0.717, 1.165) is 4.90 Å². The van der Waals surface area contributed by atoms with E-state index in [1.54, 1.807) is 0 Å². The molecule has 0 aromatic carbocycles. The minimum atomic E-state index is -1.05. The number of rotatable bonds is 18. The van der Waals surface area contributed by atoms with Crippen molar-refractivity contribution in [2.75, 3.05) is 44.3 Å². The van der Waals surface area contributed by atoms with Gasteiger partial charge in [0.05, 0.1) is 17.1 Å². The lowest BCUT2D eigenvalue weighted by Gasteiger charge is -2.29. The Bertz CT molecular complexity index is 892. The van der Waals surface area contributed by atoms with Crippen molar-refractivity contribution in [2.24, 2.45) is 11.5 Å². The van der Waals surface area contributed by atoms with E-state index in [0.29, 0.717) is 24.3 Å². The highest BCUT2D eigenvalue weighted by Crippen LogP contribution is 2.29. The molecule has 2 aliphatic rings. The Labute approximate surface area is 230 Å². The van der Waals surface area contributed by atoms with Crippen molar-refractivity contribution in [2.45, 2.75) is 61.7 Å². The van der Waals surface area contributed by atoms with E-state index in [1.165, 1.54) is 33.3 Å². The molecule has 214 valence electrons. The van der Waals surface area contributed by atoms with E-state index in [-0.39, 0.29) is 87.9 Å². The van der Waals surface area contributed by atoms with Gasteiger partial charge in [0.2, 0.25) is 35.4 Å². The number of hydrogen-bond donors (Lipinski definition) is 4. The van der Waals surface area contributed by atoms with Crippen molar-refractivity contribution < 1.29 is 39.0 Å². The lowest BCUT2D eigenvalue weighted by Crippen LogP contribution is -2.46. The molecule has 2 aliphatic heterocycles. The smallest absolute Gasteiger partial charge is 0.242 e. The highest BCUT2D eigenvalue weighted by molar-refractivity contribution is 8.00. The standard InChI is InChI=1S/C23H37N5O8S2/c24-17(30)3-1-11-37-15-13-20(33)27(22(15)35)8-6-26(19(32)5-10-29)7-9-28-21(34)14-16(23(28)36)38-12-2-4-18(25)31/h15-16,22,29,35H,1-14H2,(H2,24,30)(H2,25,31). The van der Waals surface area contributed by atoms with Gasteiger partial charge in [0, 0.05) is 58.3 Å². The average molecular weight is 576 g/mol. The van der Waals surface area contributed by atoms with Crippen LogP contribution in [0.1, 0.15) is 44.9 Å². The molecule has 0 spiro atoms. The summed E-state index contributed by atoms with van der Waals surface area (Å²) in [6.45, 7) is -0.269. The number of nitrogens with two attached hydrogens (primary N) is 2. The molecule has 0 aromatic heterocycles.